The van der Waals surface area contributed by atoms with E-state index in [9.17, 15) is 4.79 Å². The van der Waals surface area contributed by atoms with Crippen molar-refractivity contribution in [3.63, 3.8) is 0 Å². The summed E-state index contributed by atoms with van der Waals surface area (Å²) in [6.45, 7) is 3.13. The van der Waals surface area contributed by atoms with Crippen LogP contribution in [0.1, 0.15) is 45.4 Å². The third kappa shape index (κ3) is 4.41. The Morgan fingerprint density at radius 3 is 2.77 bits per heavy atom. The highest BCUT2D eigenvalue weighted by molar-refractivity contribution is 5.79. The Morgan fingerprint density at radius 2 is 2.23 bits per heavy atom. The van der Waals surface area contributed by atoms with Gasteiger partial charge in [0.25, 0.3) is 0 Å². The van der Waals surface area contributed by atoms with Crippen LogP contribution < -0.4 is 0 Å². The van der Waals surface area contributed by atoms with Crippen LogP contribution in [0.3, 0.4) is 0 Å². The van der Waals surface area contributed by atoms with Crippen LogP contribution in [0.25, 0.3) is 0 Å². The maximum Gasteiger partial charge on any atom is 0.158 e. The van der Waals surface area contributed by atoms with Crippen LogP contribution in [-0.2, 0) is 9.53 Å². The average Bonchev–Trinajstić information content (AvgIpc) is 2.01. The number of hydrogen-bond donors (Lipinski definition) is 0. The first-order valence-electron chi connectivity index (χ1n) is 5.42. The SMILES string of the molecule is CCCC(=O)COCCC1CCC1. The molecule has 0 aromatic rings. The van der Waals surface area contributed by atoms with Crippen molar-refractivity contribution in [3.05, 3.63) is 0 Å². The zero-order chi connectivity index (χ0) is 9.52. The van der Waals surface area contributed by atoms with Crippen molar-refractivity contribution in [2.24, 2.45) is 5.92 Å². The van der Waals surface area contributed by atoms with Crippen LogP contribution in [0.5, 0.6) is 0 Å². The molecule has 0 radical (unpaired) electrons. The molecule has 1 aliphatic rings. The summed E-state index contributed by atoms with van der Waals surface area (Å²) in [7, 11) is 0. The number of rotatable bonds is 7. The first kappa shape index (κ1) is 10.7. The number of hydrogen-bond acceptors (Lipinski definition) is 2. The van der Waals surface area contributed by atoms with E-state index in [1.165, 1.54) is 19.3 Å². The zero-order valence-corrected chi connectivity index (χ0v) is 8.55. The molecule has 0 aromatic carbocycles. The number of Topliss-reactive ketones (excluding diaryl/α,β-unsaturated/α-hetero) is 1. The number of carbonyl (C=O) groups excluding carboxylic acids is 1. The van der Waals surface area contributed by atoms with E-state index in [1.807, 2.05) is 6.92 Å². The largest absolute Gasteiger partial charge is 0.374 e. The number of carbonyl (C=O) groups is 1. The molecular formula is C11H20O2. The van der Waals surface area contributed by atoms with Gasteiger partial charge in [0.1, 0.15) is 6.61 Å². The lowest BCUT2D eigenvalue weighted by Crippen LogP contribution is -2.15. The fourth-order valence-electron chi connectivity index (χ4n) is 1.57. The Balaban J connectivity index is 1.85. The Hall–Kier alpha value is -0.370. The van der Waals surface area contributed by atoms with Crippen molar-refractivity contribution in [1.82, 2.24) is 0 Å². The van der Waals surface area contributed by atoms with E-state index >= 15 is 0 Å². The third-order valence-electron chi connectivity index (χ3n) is 2.69. The minimum Gasteiger partial charge on any atom is -0.374 e. The van der Waals surface area contributed by atoms with Gasteiger partial charge in [-0.15, -0.1) is 0 Å². The molecule has 1 aliphatic carbocycles. The van der Waals surface area contributed by atoms with Crippen LogP contribution in [-0.4, -0.2) is 19.0 Å². The van der Waals surface area contributed by atoms with Crippen LogP contribution >= 0.6 is 0 Å². The van der Waals surface area contributed by atoms with Crippen LogP contribution in [0.15, 0.2) is 0 Å². The lowest BCUT2D eigenvalue weighted by Gasteiger charge is -2.24. The molecule has 0 saturated heterocycles. The molecule has 0 heterocycles. The van der Waals surface area contributed by atoms with Crippen LogP contribution in [0, 0.1) is 5.92 Å². The second-order valence-electron chi connectivity index (χ2n) is 3.93. The van der Waals surface area contributed by atoms with E-state index in [-0.39, 0.29) is 5.78 Å². The Bertz CT molecular complexity index is 150. The van der Waals surface area contributed by atoms with Crippen molar-refractivity contribution in [2.75, 3.05) is 13.2 Å². The molecule has 0 unspecified atom stereocenters. The van der Waals surface area contributed by atoms with Gasteiger partial charge in [-0.1, -0.05) is 26.2 Å². The molecule has 13 heavy (non-hydrogen) atoms. The normalized spacial score (nSPS) is 17.0. The summed E-state index contributed by atoms with van der Waals surface area (Å²) in [5.74, 6) is 1.14. The maximum atomic E-state index is 11.0. The molecule has 0 amide bonds. The quantitative estimate of drug-likeness (QED) is 0.568. The summed E-state index contributed by atoms with van der Waals surface area (Å²) in [6.07, 6.45) is 6.88. The smallest absolute Gasteiger partial charge is 0.158 e. The van der Waals surface area contributed by atoms with Gasteiger partial charge in [-0.25, -0.2) is 0 Å². The molecule has 1 saturated carbocycles. The Morgan fingerprint density at radius 1 is 1.46 bits per heavy atom. The fourth-order valence-corrected chi connectivity index (χ4v) is 1.57. The van der Waals surface area contributed by atoms with Crippen LogP contribution in [0.2, 0.25) is 0 Å². The van der Waals surface area contributed by atoms with E-state index in [0.717, 1.165) is 25.4 Å². The average molecular weight is 184 g/mol. The van der Waals surface area contributed by atoms with Gasteiger partial charge in [-0.3, -0.25) is 4.79 Å². The van der Waals surface area contributed by atoms with E-state index in [4.69, 9.17) is 4.74 Å². The summed E-state index contributed by atoms with van der Waals surface area (Å²) in [4.78, 5) is 11.0. The van der Waals surface area contributed by atoms with Crippen LogP contribution in [0.4, 0.5) is 0 Å². The van der Waals surface area contributed by atoms with Gasteiger partial charge in [0, 0.05) is 13.0 Å². The summed E-state index contributed by atoms with van der Waals surface area (Å²) in [6, 6.07) is 0. The third-order valence-corrected chi connectivity index (χ3v) is 2.69. The zero-order valence-electron chi connectivity index (χ0n) is 8.55. The topological polar surface area (TPSA) is 26.3 Å². The molecule has 0 atom stereocenters. The van der Waals surface area contributed by atoms with Gasteiger partial charge in [-0.05, 0) is 18.8 Å². The van der Waals surface area contributed by atoms with Crippen molar-refractivity contribution < 1.29 is 9.53 Å². The van der Waals surface area contributed by atoms with E-state index in [0.29, 0.717) is 13.0 Å². The molecule has 1 rings (SSSR count). The van der Waals surface area contributed by atoms with Gasteiger partial charge >= 0.3 is 0 Å². The minimum absolute atomic E-state index is 0.246. The molecule has 0 spiro atoms. The minimum atomic E-state index is 0.246. The lowest BCUT2D eigenvalue weighted by molar-refractivity contribution is -0.123. The molecule has 1 fully saturated rings. The summed E-state index contributed by atoms with van der Waals surface area (Å²) >= 11 is 0. The Labute approximate surface area is 80.7 Å². The molecule has 76 valence electrons. The summed E-state index contributed by atoms with van der Waals surface area (Å²) < 4.78 is 5.30. The predicted molar refractivity (Wildman–Crippen MR) is 52.7 cm³/mol. The molecular weight excluding hydrogens is 164 g/mol. The maximum absolute atomic E-state index is 11.0. The van der Waals surface area contributed by atoms with Gasteiger partial charge in [-0.2, -0.15) is 0 Å². The van der Waals surface area contributed by atoms with Gasteiger partial charge in [0.15, 0.2) is 5.78 Å². The number of ketones is 1. The second kappa shape index (κ2) is 6.14. The molecule has 0 N–H and O–H groups in total. The first-order chi connectivity index (χ1) is 6.33. The monoisotopic (exact) mass is 184 g/mol. The summed E-state index contributed by atoms with van der Waals surface area (Å²) in [5.41, 5.74) is 0. The molecule has 2 heteroatoms. The standard InChI is InChI=1S/C11H20O2/c1-2-4-11(12)9-13-8-7-10-5-3-6-10/h10H,2-9H2,1H3. The first-order valence-corrected chi connectivity index (χ1v) is 5.42. The highest BCUT2D eigenvalue weighted by atomic mass is 16.5. The fraction of sp³-hybridized carbons (Fsp3) is 0.909. The van der Waals surface area contributed by atoms with E-state index < -0.39 is 0 Å². The molecule has 0 aliphatic heterocycles. The van der Waals surface area contributed by atoms with Gasteiger partial charge < -0.3 is 4.74 Å². The van der Waals surface area contributed by atoms with Gasteiger partial charge in [0.05, 0.1) is 0 Å². The van der Waals surface area contributed by atoms with Crippen molar-refractivity contribution in [3.8, 4) is 0 Å². The van der Waals surface area contributed by atoms with Crippen molar-refractivity contribution in [2.45, 2.75) is 45.4 Å². The molecule has 0 bridgehead atoms. The van der Waals surface area contributed by atoms with Crippen molar-refractivity contribution in [1.29, 1.82) is 0 Å². The molecule has 0 aromatic heterocycles. The van der Waals surface area contributed by atoms with E-state index in [2.05, 4.69) is 0 Å². The summed E-state index contributed by atoms with van der Waals surface area (Å²) in [5, 5.41) is 0. The van der Waals surface area contributed by atoms with E-state index in [1.54, 1.807) is 0 Å². The lowest BCUT2D eigenvalue weighted by atomic mass is 9.83. The van der Waals surface area contributed by atoms with Crippen molar-refractivity contribution >= 4 is 5.78 Å². The number of ether oxygens (including phenoxy) is 1. The van der Waals surface area contributed by atoms with Gasteiger partial charge in [0.2, 0.25) is 0 Å². The predicted octanol–water partition coefficient (Wildman–Crippen LogP) is 2.56. The highest BCUT2D eigenvalue weighted by Gasteiger charge is 2.16. The second-order valence-corrected chi connectivity index (χ2v) is 3.93. The molecule has 2 nitrogen and oxygen atoms in total. The Kier molecular flexibility index (Phi) is 5.06. The highest BCUT2D eigenvalue weighted by Crippen LogP contribution is 2.28.